The van der Waals surface area contributed by atoms with Crippen LogP contribution < -0.4 is 4.72 Å². The number of carboxylic acid groups (broad SMARTS) is 1. The molecular formula is C9H17NO6S. The fourth-order valence-corrected chi connectivity index (χ4v) is 2.29. The highest BCUT2D eigenvalue weighted by atomic mass is 32.2. The molecule has 0 bridgehead atoms. The smallest absolute Gasteiger partial charge is 0.321 e. The predicted molar refractivity (Wildman–Crippen MR) is 59.9 cm³/mol. The number of carbonyl (C=O) groups excluding carboxylic acids is 1. The summed E-state index contributed by atoms with van der Waals surface area (Å²) in [6.45, 7) is 3.34. The van der Waals surface area contributed by atoms with Crippen molar-refractivity contribution in [3.8, 4) is 0 Å². The Morgan fingerprint density at radius 1 is 1.35 bits per heavy atom. The molecule has 0 aromatic rings. The number of ether oxygens (including phenoxy) is 1. The molecule has 0 amide bonds. The highest BCUT2D eigenvalue weighted by Gasteiger charge is 2.22. The second-order valence-electron chi connectivity index (χ2n) is 3.29. The van der Waals surface area contributed by atoms with E-state index in [1.807, 2.05) is 4.72 Å². The fourth-order valence-electron chi connectivity index (χ4n) is 1.03. The van der Waals surface area contributed by atoms with Crippen molar-refractivity contribution in [2.75, 3.05) is 12.4 Å². The van der Waals surface area contributed by atoms with E-state index in [-0.39, 0.29) is 19.4 Å². The Labute approximate surface area is 100 Å². The van der Waals surface area contributed by atoms with Crippen LogP contribution in [0.25, 0.3) is 0 Å². The molecule has 0 saturated heterocycles. The molecule has 17 heavy (non-hydrogen) atoms. The lowest BCUT2D eigenvalue weighted by molar-refractivity contribution is -0.142. The topological polar surface area (TPSA) is 110 Å². The normalized spacial score (nSPS) is 13.1. The summed E-state index contributed by atoms with van der Waals surface area (Å²) in [5.74, 6) is -2.34. The molecule has 8 heteroatoms. The van der Waals surface area contributed by atoms with Gasteiger partial charge in [-0.1, -0.05) is 6.92 Å². The molecule has 0 saturated carbocycles. The van der Waals surface area contributed by atoms with E-state index in [4.69, 9.17) is 5.11 Å². The Bertz CT molecular complexity index is 364. The molecule has 0 heterocycles. The molecular weight excluding hydrogens is 250 g/mol. The van der Waals surface area contributed by atoms with Crippen molar-refractivity contribution in [3.63, 3.8) is 0 Å². The minimum Gasteiger partial charge on any atom is -0.480 e. The quantitative estimate of drug-likeness (QED) is 0.585. The number of carbonyl (C=O) groups is 2. The van der Waals surface area contributed by atoms with Crippen molar-refractivity contribution in [2.24, 2.45) is 0 Å². The van der Waals surface area contributed by atoms with E-state index in [2.05, 4.69) is 4.74 Å². The summed E-state index contributed by atoms with van der Waals surface area (Å²) < 4.78 is 29.4. The lowest BCUT2D eigenvalue weighted by Crippen LogP contribution is -2.41. The summed E-state index contributed by atoms with van der Waals surface area (Å²) in [6, 6.07) is -1.16. The number of rotatable bonds is 8. The molecule has 0 aliphatic heterocycles. The van der Waals surface area contributed by atoms with Gasteiger partial charge in [-0.05, 0) is 13.3 Å². The zero-order valence-electron chi connectivity index (χ0n) is 9.80. The molecule has 0 aliphatic rings. The highest BCUT2D eigenvalue weighted by molar-refractivity contribution is 7.89. The largest absolute Gasteiger partial charge is 0.480 e. The molecule has 0 unspecified atom stereocenters. The van der Waals surface area contributed by atoms with Crippen molar-refractivity contribution < 1.29 is 27.9 Å². The van der Waals surface area contributed by atoms with Crippen LogP contribution in [0, 0.1) is 0 Å². The number of aliphatic carboxylic acids is 1. The van der Waals surface area contributed by atoms with Gasteiger partial charge in [0, 0.05) is 0 Å². The SMILES string of the molecule is CCOC(=O)CCS(=O)(=O)N[C@@H](CC)C(=O)O. The van der Waals surface area contributed by atoms with Gasteiger partial charge in [-0.15, -0.1) is 0 Å². The first-order valence-electron chi connectivity index (χ1n) is 5.20. The predicted octanol–water partition coefficient (Wildman–Crippen LogP) is -0.278. The zero-order chi connectivity index (χ0) is 13.5. The third-order valence-corrected chi connectivity index (χ3v) is 3.29. The Hall–Kier alpha value is -1.15. The molecule has 0 aliphatic carbocycles. The van der Waals surface area contributed by atoms with Gasteiger partial charge in [0.2, 0.25) is 10.0 Å². The number of nitrogens with one attached hydrogen (secondary N) is 1. The molecule has 7 nitrogen and oxygen atoms in total. The molecule has 100 valence electrons. The second-order valence-corrected chi connectivity index (χ2v) is 5.16. The van der Waals surface area contributed by atoms with Crippen LogP contribution in [0.3, 0.4) is 0 Å². The van der Waals surface area contributed by atoms with Gasteiger partial charge in [0.05, 0.1) is 18.8 Å². The monoisotopic (exact) mass is 267 g/mol. The van der Waals surface area contributed by atoms with Crippen LogP contribution in [0.2, 0.25) is 0 Å². The van der Waals surface area contributed by atoms with Gasteiger partial charge in [0.15, 0.2) is 0 Å². The molecule has 0 rings (SSSR count). The van der Waals surface area contributed by atoms with Gasteiger partial charge in [-0.2, -0.15) is 0 Å². The second kappa shape index (κ2) is 7.23. The summed E-state index contributed by atoms with van der Waals surface area (Å²) in [4.78, 5) is 21.6. The van der Waals surface area contributed by atoms with Crippen molar-refractivity contribution in [3.05, 3.63) is 0 Å². The van der Waals surface area contributed by atoms with Crippen molar-refractivity contribution in [2.45, 2.75) is 32.7 Å². The van der Waals surface area contributed by atoms with Crippen molar-refractivity contribution in [1.82, 2.24) is 4.72 Å². The van der Waals surface area contributed by atoms with E-state index < -0.39 is 33.8 Å². The van der Waals surface area contributed by atoms with Crippen molar-refractivity contribution >= 4 is 22.0 Å². The van der Waals surface area contributed by atoms with Gasteiger partial charge in [-0.25, -0.2) is 13.1 Å². The van der Waals surface area contributed by atoms with Gasteiger partial charge in [0.1, 0.15) is 6.04 Å². The van der Waals surface area contributed by atoms with Crippen LogP contribution in [0.15, 0.2) is 0 Å². The number of sulfonamides is 1. The average Bonchev–Trinajstić information content (AvgIpc) is 2.23. The van der Waals surface area contributed by atoms with Crippen molar-refractivity contribution in [1.29, 1.82) is 0 Å². The Morgan fingerprint density at radius 2 is 1.94 bits per heavy atom. The Morgan fingerprint density at radius 3 is 2.35 bits per heavy atom. The van der Waals surface area contributed by atoms with E-state index in [9.17, 15) is 18.0 Å². The molecule has 0 fully saturated rings. The number of carboxylic acids is 1. The van der Waals surface area contributed by atoms with Crippen LogP contribution in [0.1, 0.15) is 26.7 Å². The van der Waals surface area contributed by atoms with E-state index >= 15 is 0 Å². The standard InChI is InChI=1S/C9H17NO6S/c1-3-7(9(12)13)10-17(14,15)6-5-8(11)16-4-2/h7,10H,3-6H2,1-2H3,(H,12,13)/t7-/m0/s1. The van der Waals surface area contributed by atoms with Gasteiger partial charge in [0.25, 0.3) is 0 Å². The fraction of sp³-hybridized carbons (Fsp3) is 0.778. The van der Waals surface area contributed by atoms with E-state index in [1.54, 1.807) is 13.8 Å². The van der Waals surface area contributed by atoms with Crippen LogP contribution in [-0.4, -0.2) is 43.9 Å². The molecule has 0 spiro atoms. The molecule has 2 N–H and O–H groups in total. The summed E-state index contributed by atoms with van der Waals surface area (Å²) in [5.41, 5.74) is 0. The maximum absolute atomic E-state index is 11.4. The van der Waals surface area contributed by atoms with E-state index in [1.165, 1.54) is 0 Å². The zero-order valence-corrected chi connectivity index (χ0v) is 10.6. The average molecular weight is 267 g/mol. The maximum atomic E-state index is 11.4. The number of esters is 1. The first-order valence-corrected chi connectivity index (χ1v) is 6.86. The summed E-state index contributed by atoms with van der Waals surface area (Å²) in [7, 11) is -3.78. The molecule has 0 radical (unpaired) electrons. The van der Waals surface area contributed by atoms with Gasteiger partial charge < -0.3 is 9.84 Å². The van der Waals surface area contributed by atoms with Crippen LogP contribution in [0.4, 0.5) is 0 Å². The van der Waals surface area contributed by atoms with Crippen LogP contribution in [-0.2, 0) is 24.3 Å². The maximum Gasteiger partial charge on any atom is 0.321 e. The summed E-state index contributed by atoms with van der Waals surface area (Å²) in [5, 5.41) is 8.68. The summed E-state index contributed by atoms with van der Waals surface area (Å²) >= 11 is 0. The molecule has 0 aromatic heterocycles. The first kappa shape index (κ1) is 15.9. The third-order valence-electron chi connectivity index (χ3n) is 1.91. The number of hydrogen-bond acceptors (Lipinski definition) is 5. The summed E-state index contributed by atoms with van der Waals surface area (Å²) in [6.07, 6.45) is -0.160. The Kier molecular flexibility index (Phi) is 6.74. The highest BCUT2D eigenvalue weighted by Crippen LogP contribution is 1.98. The van der Waals surface area contributed by atoms with Gasteiger partial charge in [-0.3, -0.25) is 9.59 Å². The van der Waals surface area contributed by atoms with E-state index in [0.717, 1.165) is 0 Å². The third kappa shape index (κ3) is 6.90. The first-order chi connectivity index (χ1) is 7.82. The molecule has 0 aromatic carbocycles. The Balaban J connectivity index is 4.29. The minimum absolute atomic E-state index is 0.133. The van der Waals surface area contributed by atoms with Gasteiger partial charge >= 0.3 is 11.9 Å². The minimum atomic E-state index is -3.78. The lowest BCUT2D eigenvalue weighted by atomic mass is 10.2. The lowest BCUT2D eigenvalue weighted by Gasteiger charge is -2.12. The molecule has 1 atom stereocenters. The van der Waals surface area contributed by atoms with Crippen LogP contribution >= 0.6 is 0 Å². The van der Waals surface area contributed by atoms with E-state index in [0.29, 0.717) is 0 Å². The van der Waals surface area contributed by atoms with Crippen LogP contribution in [0.5, 0.6) is 0 Å². The number of hydrogen-bond donors (Lipinski definition) is 2.